The van der Waals surface area contributed by atoms with E-state index >= 15 is 0 Å². The molecule has 2 aliphatic rings. The summed E-state index contributed by atoms with van der Waals surface area (Å²) in [6.45, 7) is 4.39. The molecule has 1 aromatic heterocycles. The third-order valence-corrected chi connectivity index (χ3v) is 10.3. The van der Waals surface area contributed by atoms with Crippen LogP contribution in [0.3, 0.4) is 0 Å². The lowest BCUT2D eigenvalue weighted by Crippen LogP contribution is -2.23. The van der Waals surface area contributed by atoms with Crippen LogP contribution < -0.4 is 14.8 Å². The molecule has 0 spiro atoms. The smallest absolute Gasteiger partial charge is 0.417 e. The average Bonchev–Trinajstić information content (AvgIpc) is 3.83. The van der Waals surface area contributed by atoms with Gasteiger partial charge in [0.1, 0.15) is 23.3 Å². The Kier molecular flexibility index (Phi) is 12.1. The van der Waals surface area contributed by atoms with Crippen molar-refractivity contribution in [1.82, 2.24) is 14.8 Å². The van der Waals surface area contributed by atoms with Crippen molar-refractivity contribution in [3.63, 3.8) is 0 Å². The fraction of sp³-hybridized carbons (Fsp3) is 0.333. The van der Waals surface area contributed by atoms with Crippen LogP contribution >= 0.6 is 0 Å². The van der Waals surface area contributed by atoms with Crippen LogP contribution in [0.2, 0.25) is 0 Å². The predicted octanol–water partition coefficient (Wildman–Crippen LogP) is 6.86. The summed E-state index contributed by atoms with van der Waals surface area (Å²) in [6.07, 6.45) is 0.378. The number of aliphatic carboxylic acids is 1. The molecule has 0 saturated carbocycles. The Balaban J connectivity index is 1.25. The van der Waals surface area contributed by atoms with Gasteiger partial charge in [-0.15, -0.1) is 0 Å². The predicted molar refractivity (Wildman–Crippen MR) is 204 cm³/mol. The molecule has 0 unspecified atom stereocenters. The van der Waals surface area contributed by atoms with E-state index in [-0.39, 0.29) is 47.3 Å². The van der Waals surface area contributed by atoms with Crippen LogP contribution in [0.15, 0.2) is 60.8 Å². The number of nitriles is 1. The summed E-state index contributed by atoms with van der Waals surface area (Å²) in [5.41, 5.74) is 3.05. The van der Waals surface area contributed by atoms with Gasteiger partial charge in [0.25, 0.3) is 5.91 Å². The maximum absolute atomic E-state index is 14.5. The zero-order valence-electron chi connectivity index (χ0n) is 31.2. The number of nitrogens with one attached hydrogen (secondary N) is 1. The molecule has 2 aliphatic heterocycles. The van der Waals surface area contributed by atoms with Gasteiger partial charge in [0.2, 0.25) is 0 Å². The van der Waals surface area contributed by atoms with Gasteiger partial charge in [-0.25, -0.2) is 0 Å². The molecule has 14 heteroatoms. The molecule has 6 rings (SSSR count). The largest absolute Gasteiger partial charge is 0.496 e. The van der Waals surface area contributed by atoms with Crippen molar-refractivity contribution >= 4 is 29.7 Å². The van der Waals surface area contributed by atoms with Gasteiger partial charge in [-0.05, 0) is 66.8 Å². The number of carbonyl (C=O) groups excluding carboxylic acids is 1. The van der Waals surface area contributed by atoms with Crippen LogP contribution in [0.5, 0.6) is 11.5 Å². The highest BCUT2D eigenvalue weighted by Crippen LogP contribution is 2.39. The standard InChI is InChI=1S/C42H42F3N5O6/c1-25-32(7-5-9-36(25)48-40(52)37-18-39(56-3)30(20-47-37)23-50-15-13-31(51)24-50)33-8-4-6-26(34(33)19-46)10-11-27-17-38(55-2)29(16-35(27)42(43,44)45)22-49-14-12-28(21-49)41(53)54/h4-11,16-18,20,28,31,51H,12-15,21-24H2,1-3H3,(H,48,52)(H,53,54)/b11-10+/t28-,31-/m1/s1. The van der Waals surface area contributed by atoms with E-state index in [9.17, 15) is 38.2 Å². The van der Waals surface area contributed by atoms with Gasteiger partial charge in [-0.1, -0.05) is 42.5 Å². The lowest BCUT2D eigenvalue weighted by atomic mass is 9.92. The van der Waals surface area contributed by atoms with Gasteiger partial charge in [0.15, 0.2) is 0 Å². The molecule has 3 N–H and O–H groups in total. The Bertz CT molecular complexity index is 2200. The Morgan fingerprint density at radius 3 is 2.27 bits per heavy atom. The number of β-amino-alcohol motifs (C(OH)–C–C–N with tert-alkyl or cyclic N) is 1. The Labute approximate surface area is 322 Å². The molecule has 4 aromatic rings. The van der Waals surface area contributed by atoms with Crippen molar-refractivity contribution < 1.29 is 42.4 Å². The lowest BCUT2D eigenvalue weighted by molar-refractivity contribution is -0.141. The normalized spacial score (nSPS) is 17.6. The minimum Gasteiger partial charge on any atom is -0.496 e. The highest BCUT2D eigenvalue weighted by atomic mass is 19.4. The average molecular weight is 770 g/mol. The zero-order chi connectivity index (χ0) is 40.1. The number of hydrogen-bond donors (Lipinski definition) is 3. The number of carboxylic acids is 1. The van der Waals surface area contributed by atoms with Crippen molar-refractivity contribution in [3.05, 3.63) is 105 Å². The van der Waals surface area contributed by atoms with Gasteiger partial charge in [0.05, 0.1) is 37.4 Å². The van der Waals surface area contributed by atoms with Crippen molar-refractivity contribution in [2.24, 2.45) is 5.92 Å². The second-order valence-corrected chi connectivity index (χ2v) is 14.0. The number of likely N-dealkylation sites (tertiary alicyclic amines) is 2. The molecule has 0 radical (unpaired) electrons. The Morgan fingerprint density at radius 2 is 1.61 bits per heavy atom. The Morgan fingerprint density at radius 1 is 0.946 bits per heavy atom. The second-order valence-electron chi connectivity index (χ2n) is 14.0. The molecule has 0 bridgehead atoms. The number of ether oxygens (including phenoxy) is 2. The Hall–Kier alpha value is -5.75. The first-order chi connectivity index (χ1) is 26.8. The van der Waals surface area contributed by atoms with Crippen LogP contribution in [0.1, 0.15) is 62.3 Å². The molecular formula is C42H42F3N5O6. The van der Waals surface area contributed by atoms with Crippen molar-refractivity contribution in [3.8, 4) is 28.7 Å². The number of amides is 1. The molecule has 11 nitrogen and oxygen atoms in total. The van der Waals surface area contributed by atoms with Crippen LogP contribution in [-0.4, -0.2) is 83.4 Å². The summed E-state index contributed by atoms with van der Waals surface area (Å²) >= 11 is 0. The van der Waals surface area contributed by atoms with Gasteiger partial charge < -0.3 is 25.0 Å². The number of methoxy groups -OCH3 is 2. The lowest BCUT2D eigenvalue weighted by Gasteiger charge is -2.20. The van der Waals surface area contributed by atoms with Crippen molar-refractivity contribution in [2.45, 2.75) is 45.1 Å². The van der Waals surface area contributed by atoms with E-state index in [4.69, 9.17) is 9.47 Å². The summed E-state index contributed by atoms with van der Waals surface area (Å²) in [5.74, 6) is -1.26. The van der Waals surface area contributed by atoms with Crippen LogP contribution in [-0.2, 0) is 24.1 Å². The number of aromatic nitrogens is 1. The van der Waals surface area contributed by atoms with E-state index in [1.54, 1.807) is 60.5 Å². The molecule has 3 aromatic carbocycles. The molecule has 0 aliphatic carbocycles. The van der Waals surface area contributed by atoms with E-state index in [0.717, 1.165) is 18.2 Å². The minimum absolute atomic E-state index is 0.0990. The number of rotatable bonds is 12. The number of aliphatic hydroxyl groups is 1. The SMILES string of the molecule is COc1cc(C(=O)Nc2cccc(-c3cccc(/C=C/c4cc(OC)c(CN5CC[C@@H](C(=O)O)C5)cc4C(F)(F)F)c3C#N)c2C)ncc1CN1CC[C@@H](O)C1. The van der Waals surface area contributed by atoms with Crippen LogP contribution in [0.4, 0.5) is 18.9 Å². The summed E-state index contributed by atoms with van der Waals surface area (Å²) < 4.78 is 54.4. The number of pyridine rings is 1. The fourth-order valence-corrected chi connectivity index (χ4v) is 7.34. The van der Waals surface area contributed by atoms with Crippen LogP contribution in [0.25, 0.3) is 23.3 Å². The number of benzene rings is 3. The first-order valence-electron chi connectivity index (χ1n) is 18.1. The molecule has 2 saturated heterocycles. The fourth-order valence-electron chi connectivity index (χ4n) is 7.34. The van der Waals surface area contributed by atoms with Crippen molar-refractivity contribution in [2.75, 3.05) is 45.7 Å². The van der Waals surface area contributed by atoms with Crippen LogP contribution in [0, 0.1) is 24.2 Å². The first-order valence-corrected chi connectivity index (χ1v) is 18.1. The van der Waals surface area contributed by atoms with Gasteiger partial charge in [0, 0.05) is 67.4 Å². The molecule has 2 fully saturated rings. The van der Waals surface area contributed by atoms with Gasteiger partial charge in [-0.2, -0.15) is 18.4 Å². The number of hydrogen-bond acceptors (Lipinski definition) is 9. The van der Waals surface area contributed by atoms with E-state index in [1.165, 1.54) is 32.4 Å². The number of carboxylic acid groups (broad SMARTS) is 1. The van der Waals surface area contributed by atoms with Gasteiger partial charge in [-0.3, -0.25) is 24.4 Å². The third kappa shape index (κ3) is 8.86. The topological polar surface area (TPSA) is 148 Å². The number of anilines is 1. The number of nitrogens with zero attached hydrogens (tertiary/aromatic N) is 4. The van der Waals surface area contributed by atoms with E-state index in [2.05, 4.69) is 21.3 Å². The monoisotopic (exact) mass is 769 g/mol. The van der Waals surface area contributed by atoms with E-state index < -0.39 is 29.5 Å². The quantitative estimate of drug-likeness (QED) is 0.131. The summed E-state index contributed by atoms with van der Waals surface area (Å²) in [4.78, 5) is 33.1. The third-order valence-electron chi connectivity index (χ3n) is 10.3. The molecule has 1 amide bonds. The van der Waals surface area contributed by atoms with Crippen molar-refractivity contribution in [1.29, 1.82) is 5.26 Å². The minimum atomic E-state index is -4.71. The number of alkyl halides is 3. The van der Waals surface area contributed by atoms with E-state index in [0.29, 0.717) is 66.2 Å². The summed E-state index contributed by atoms with van der Waals surface area (Å²) in [7, 11) is 2.88. The molecule has 56 heavy (non-hydrogen) atoms. The molecule has 292 valence electrons. The summed E-state index contributed by atoms with van der Waals surface area (Å²) in [5, 5.41) is 32.5. The number of carbonyl (C=O) groups is 2. The molecule has 3 heterocycles. The second kappa shape index (κ2) is 16.9. The zero-order valence-corrected chi connectivity index (χ0v) is 31.2. The molecule has 2 atom stereocenters. The first kappa shape index (κ1) is 39.9. The number of halogens is 3. The maximum Gasteiger partial charge on any atom is 0.417 e. The summed E-state index contributed by atoms with van der Waals surface area (Å²) in [6, 6.07) is 16.5. The van der Waals surface area contributed by atoms with E-state index in [1.807, 2.05) is 0 Å². The van der Waals surface area contributed by atoms with Gasteiger partial charge >= 0.3 is 12.1 Å². The molecular weight excluding hydrogens is 727 g/mol. The highest BCUT2D eigenvalue weighted by Gasteiger charge is 2.35. The highest BCUT2D eigenvalue weighted by molar-refractivity contribution is 6.04. The number of aliphatic hydroxyl groups excluding tert-OH is 1. The maximum atomic E-state index is 14.5.